The van der Waals surface area contributed by atoms with E-state index in [9.17, 15) is 0 Å². The summed E-state index contributed by atoms with van der Waals surface area (Å²) < 4.78 is 5.78. The van der Waals surface area contributed by atoms with Crippen molar-refractivity contribution in [3.8, 4) is 11.5 Å². The quantitative estimate of drug-likeness (QED) is 0.660. The van der Waals surface area contributed by atoms with Gasteiger partial charge in [-0.3, -0.25) is 5.10 Å². The van der Waals surface area contributed by atoms with Gasteiger partial charge in [0.2, 0.25) is 0 Å². The van der Waals surface area contributed by atoms with Gasteiger partial charge in [0.15, 0.2) is 11.4 Å². The van der Waals surface area contributed by atoms with E-state index >= 15 is 0 Å². The number of ether oxygens (including phenoxy) is 1. The molecule has 1 N–H and O–H groups in total. The molecule has 98 valence electrons. The molecule has 0 bridgehead atoms. The number of nitrogens with zero attached hydrogens (tertiary/aromatic N) is 2. The molecule has 0 aliphatic heterocycles. The van der Waals surface area contributed by atoms with Gasteiger partial charge < -0.3 is 4.74 Å². The highest BCUT2D eigenvalue weighted by Crippen LogP contribution is 2.37. The van der Waals surface area contributed by atoms with Gasteiger partial charge in [0.25, 0.3) is 0 Å². The number of halogens is 2. The van der Waals surface area contributed by atoms with Crippen LogP contribution in [0.2, 0.25) is 10.0 Å². The molecule has 4 nitrogen and oxygen atoms in total. The number of aromatic amines is 1. The number of H-pyrrole nitrogens is 1. The van der Waals surface area contributed by atoms with Crippen LogP contribution in [0.1, 0.15) is 0 Å². The summed E-state index contributed by atoms with van der Waals surface area (Å²) in [5.41, 5.74) is 1.22. The van der Waals surface area contributed by atoms with Gasteiger partial charge in [0, 0.05) is 5.02 Å². The van der Waals surface area contributed by atoms with Crippen molar-refractivity contribution in [1.29, 1.82) is 0 Å². The molecule has 3 aromatic rings. The van der Waals surface area contributed by atoms with Crippen molar-refractivity contribution in [3.63, 3.8) is 0 Å². The predicted molar refractivity (Wildman–Crippen MR) is 78.9 cm³/mol. The molecule has 0 aliphatic carbocycles. The summed E-state index contributed by atoms with van der Waals surface area (Å²) in [4.78, 5) is 3.34. The molecule has 0 amide bonds. The second-order valence-corrected chi connectivity index (χ2v) is 4.91. The molecule has 0 aliphatic rings. The van der Waals surface area contributed by atoms with Crippen LogP contribution in [0.3, 0.4) is 0 Å². The van der Waals surface area contributed by atoms with E-state index in [4.69, 9.17) is 34.5 Å². The fourth-order valence-corrected chi connectivity index (χ4v) is 2.28. The fraction of sp³-hybridized carbons (Fsp3) is 0. The highest BCUT2D eigenvalue weighted by Gasteiger charge is 2.11. The van der Waals surface area contributed by atoms with Crippen LogP contribution >= 0.6 is 23.2 Å². The van der Waals surface area contributed by atoms with Gasteiger partial charge in [-0.15, -0.1) is 0 Å². The Morgan fingerprint density at radius 1 is 1.20 bits per heavy atom. The van der Waals surface area contributed by atoms with Crippen LogP contribution in [0, 0.1) is 6.57 Å². The maximum Gasteiger partial charge on any atom is 0.192 e. The van der Waals surface area contributed by atoms with Crippen molar-refractivity contribution in [2.24, 2.45) is 0 Å². The van der Waals surface area contributed by atoms with E-state index in [0.717, 1.165) is 10.9 Å². The number of benzene rings is 2. The highest BCUT2D eigenvalue weighted by atomic mass is 35.5. The summed E-state index contributed by atoms with van der Waals surface area (Å²) in [6, 6.07) is 8.35. The second kappa shape index (κ2) is 5.04. The lowest BCUT2D eigenvalue weighted by molar-refractivity contribution is 0.489. The Morgan fingerprint density at radius 3 is 2.85 bits per heavy atom. The molecular weight excluding hydrogens is 297 g/mol. The van der Waals surface area contributed by atoms with Gasteiger partial charge in [-0.2, -0.15) is 5.10 Å². The zero-order valence-electron chi connectivity index (χ0n) is 10.0. The zero-order valence-corrected chi connectivity index (χ0v) is 11.5. The van der Waals surface area contributed by atoms with E-state index < -0.39 is 0 Å². The van der Waals surface area contributed by atoms with Crippen LogP contribution in [-0.2, 0) is 0 Å². The largest absolute Gasteiger partial charge is 0.456 e. The van der Waals surface area contributed by atoms with Gasteiger partial charge in [0.1, 0.15) is 5.75 Å². The monoisotopic (exact) mass is 303 g/mol. The molecule has 0 atom stereocenters. The summed E-state index contributed by atoms with van der Waals surface area (Å²) in [6.07, 6.45) is 1.64. The molecule has 0 saturated heterocycles. The van der Waals surface area contributed by atoms with Gasteiger partial charge in [-0.25, -0.2) is 4.85 Å². The Morgan fingerprint density at radius 2 is 2.05 bits per heavy atom. The van der Waals surface area contributed by atoms with Crippen LogP contribution < -0.4 is 4.74 Å². The summed E-state index contributed by atoms with van der Waals surface area (Å²) in [7, 11) is 0. The van der Waals surface area contributed by atoms with E-state index in [0.29, 0.717) is 27.2 Å². The van der Waals surface area contributed by atoms with E-state index in [1.165, 1.54) is 0 Å². The zero-order chi connectivity index (χ0) is 14.1. The lowest BCUT2D eigenvalue weighted by atomic mass is 10.2. The Balaban J connectivity index is 2.10. The first kappa shape index (κ1) is 12.8. The van der Waals surface area contributed by atoms with Crippen LogP contribution in [0.15, 0.2) is 36.5 Å². The number of aromatic nitrogens is 2. The molecule has 1 heterocycles. The number of fused-ring (bicyclic) bond motifs is 1. The van der Waals surface area contributed by atoms with Crippen molar-refractivity contribution in [1.82, 2.24) is 10.2 Å². The van der Waals surface area contributed by atoms with Crippen molar-refractivity contribution in [2.75, 3.05) is 0 Å². The lowest BCUT2D eigenvalue weighted by Gasteiger charge is -2.09. The molecule has 0 saturated carbocycles. The molecule has 0 radical (unpaired) electrons. The average molecular weight is 304 g/mol. The van der Waals surface area contributed by atoms with Crippen molar-refractivity contribution >= 4 is 39.8 Å². The summed E-state index contributed by atoms with van der Waals surface area (Å²) >= 11 is 12.1. The average Bonchev–Trinajstić information content (AvgIpc) is 2.90. The Labute approximate surface area is 124 Å². The third kappa shape index (κ3) is 2.29. The molecule has 0 fully saturated rings. The third-order valence-corrected chi connectivity index (χ3v) is 3.25. The van der Waals surface area contributed by atoms with Gasteiger partial charge in [0.05, 0.1) is 28.7 Å². The molecular formula is C14H7Cl2N3O. The minimum atomic E-state index is 0.406. The number of nitrogens with one attached hydrogen (secondary N) is 1. The number of hydrogen-bond acceptors (Lipinski definition) is 2. The standard InChI is InChI=1S/C14H7Cl2N3O/c1-17-9-4-8(15)5-10(6-9)20-14-11-7-18-19-13(11)3-2-12(14)16/h2-7H,(H,18,19). The van der Waals surface area contributed by atoms with Crippen LogP contribution in [0.5, 0.6) is 11.5 Å². The SMILES string of the molecule is [C-]#[N+]c1cc(Cl)cc(Oc2c(Cl)ccc3[nH]ncc23)c1. The smallest absolute Gasteiger partial charge is 0.192 e. The maximum atomic E-state index is 7.04. The van der Waals surface area contributed by atoms with Crippen molar-refractivity contribution in [2.45, 2.75) is 0 Å². The van der Waals surface area contributed by atoms with Crippen LogP contribution in [0.4, 0.5) is 5.69 Å². The molecule has 2 aromatic carbocycles. The highest BCUT2D eigenvalue weighted by molar-refractivity contribution is 6.33. The first-order valence-electron chi connectivity index (χ1n) is 5.65. The van der Waals surface area contributed by atoms with E-state index in [1.807, 2.05) is 6.07 Å². The Hall–Kier alpha value is -2.22. The third-order valence-electron chi connectivity index (χ3n) is 2.73. The van der Waals surface area contributed by atoms with Gasteiger partial charge in [-0.05, 0) is 30.3 Å². The minimum absolute atomic E-state index is 0.406. The van der Waals surface area contributed by atoms with E-state index in [-0.39, 0.29) is 0 Å². The first-order chi connectivity index (χ1) is 9.67. The molecule has 1 aromatic heterocycles. The van der Waals surface area contributed by atoms with Crippen LogP contribution in [-0.4, -0.2) is 10.2 Å². The van der Waals surface area contributed by atoms with Crippen molar-refractivity contribution in [3.05, 3.63) is 58.0 Å². The lowest BCUT2D eigenvalue weighted by Crippen LogP contribution is -1.86. The first-order valence-corrected chi connectivity index (χ1v) is 6.40. The van der Waals surface area contributed by atoms with Gasteiger partial charge >= 0.3 is 0 Å². The van der Waals surface area contributed by atoms with Gasteiger partial charge in [-0.1, -0.05) is 23.2 Å². The molecule has 20 heavy (non-hydrogen) atoms. The molecule has 3 rings (SSSR count). The number of hydrogen-bond donors (Lipinski definition) is 1. The minimum Gasteiger partial charge on any atom is -0.456 e. The second-order valence-electron chi connectivity index (χ2n) is 4.07. The maximum absolute atomic E-state index is 7.04. The van der Waals surface area contributed by atoms with E-state index in [2.05, 4.69) is 15.0 Å². The summed E-state index contributed by atoms with van der Waals surface area (Å²) in [5.74, 6) is 0.940. The molecule has 6 heteroatoms. The molecule has 0 unspecified atom stereocenters. The van der Waals surface area contributed by atoms with E-state index in [1.54, 1.807) is 30.5 Å². The predicted octanol–water partition coefficient (Wildman–Crippen LogP) is 5.21. The summed E-state index contributed by atoms with van der Waals surface area (Å²) in [5, 5.41) is 8.46. The Bertz CT molecular complexity index is 836. The Kier molecular flexibility index (Phi) is 3.23. The van der Waals surface area contributed by atoms with Crippen LogP contribution in [0.25, 0.3) is 15.7 Å². The van der Waals surface area contributed by atoms with Crippen molar-refractivity contribution < 1.29 is 4.74 Å². The molecule has 0 spiro atoms. The fourth-order valence-electron chi connectivity index (χ4n) is 1.86. The number of rotatable bonds is 2. The topological polar surface area (TPSA) is 42.3 Å². The normalized spacial score (nSPS) is 10.4. The summed E-state index contributed by atoms with van der Waals surface area (Å²) in [6.45, 7) is 7.04.